The molecule has 0 bridgehead atoms. The lowest BCUT2D eigenvalue weighted by molar-refractivity contribution is -0.129. The van der Waals surface area contributed by atoms with Crippen LogP contribution in [0.15, 0.2) is 78.9 Å². The van der Waals surface area contributed by atoms with Gasteiger partial charge >= 0.3 is 11.9 Å². The number of benzene rings is 3. The average Bonchev–Trinajstić information content (AvgIpc) is 2.78. The molecule has 2 amide bonds. The number of para-hydroxylation sites is 2. The van der Waals surface area contributed by atoms with Gasteiger partial charge < -0.3 is 20.8 Å². The monoisotopic (exact) mass is 432 g/mol. The molecule has 0 radical (unpaired) electrons. The molecule has 0 unspecified atom stereocenters. The summed E-state index contributed by atoms with van der Waals surface area (Å²) in [5, 5.41) is 23.7. The minimum absolute atomic E-state index is 0.0307. The van der Waals surface area contributed by atoms with E-state index in [-0.39, 0.29) is 28.9 Å². The van der Waals surface area contributed by atoms with Crippen molar-refractivity contribution < 1.29 is 29.4 Å². The van der Waals surface area contributed by atoms with Crippen molar-refractivity contribution in [3.8, 4) is 0 Å². The predicted molar refractivity (Wildman–Crippen MR) is 118 cm³/mol. The van der Waals surface area contributed by atoms with Crippen LogP contribution in [0, 0.1) is 5.92 Å². The van der Waals surface area contributed by atoms with Gasteiger partial charge in [-0.05, 0) is 36.2 Å². The summed E-state index contributed by atoms with van der Waals surface area (Å²) in [6.07, 6.45) is 0.0307. The lowest BCUT2D eigenvalue weighted by atomic mass is 9.96. The van der Waals surface area contributed by atoms with Gasteiger partial charge in [-0.1, -0.05) is 54.6 Å². The average molecular weight is 432 g/mol. The standard InChI is InChI=1S/C24H20N2O6/c27-21(25-19-12-6-4-10-16(19)23(29)30)18(14-15-8-2-1-3-9-15)22(28)26-20-13-7-5-11-17(20)24(31)32/h1-13,18H,14H2,(H,25,27)(H,26,28)(H,29,30)(H,31,32). The Labute approximate surface area is 183 Å². The molecule has 8 heteroatoms. The topological polar surface area (TPSA) is 133 Å². The first-order valence-corrected chi connectivity index (χ1v) is 9.67. The van der Waals surface area contributed by atoms with E-state index in [4.69, 9.17) is 0 Å². The van der Waals surface area contributed by atoms with Crippen molar-refractivity contribution in [2.45, 2.75) is 6.42 Å². The molecule has 0 aliphatic rings. The lowest BCUT2D eigenvalue weighted by Gasteiger charge is -2.18. The van der Waals surface area contributed by atoms with Crippen molar-refractivity contribution in [2.24, 2.45) is 5.92 Å². The Morgan fingerprint density at radius 1 is 0.625 bits per heavy atom. The maximum absolute atomic E-state index is 13.1. The quantitative estimate of drug-likeness (QED) is 0.403. The van der Waals surface area contributed by atoms with Gasteiger partial charge in [0.1, 0.15) is 5.92 Å². The third-order valence-electron chi connectivity index (χ3n) is 4.75. The highest BCUT2D eigenvalue weighted by molar-refractivity contribution is 6.13. The van der Waals surface area contributed by atoms with Crippen LogP contribution in [0.4, 0.5) is 11.4 Å². The van der Waals surface area contributed by atoms with Crippen LogP contribution < -0.4 is 10.6 Å². The molecule has 0 heterocycles. The molecule has 0 atom stereocenters. The molecule has 3 aromatic rings. The molecular formula is C24H20N2O6. The molecule has 3 rings (SSSR count). The van der Waals surface area contributed by atoms with E-state index < -0.39 is 29.7 Å². The zero-order chi connectivity index (χ0) is 23.1. The number of carbonyl (C=O) groups excluding carboxylic acids is 2. The van der Waals surface area contributed by atoms with E-state index in [0.717, 1.165) is 0 Å². The summed E-state index contributed by atoms with van der Waals surface area (Å²) in [4.78, 5) is 49.0. The van der Waals surface area contributed by atoms with Gasteiger partial charge in [-0.3, -0.25) is 9.59 Å². The van der Waals surface area contributed by atoms with Gasteiger partial charge in [0.2, 0.25) is 11.8 Å². The minimum atomic E-state index is -1.25. The molecule has 162 valence electrons. The van der Waals surface area contributed by atoms with Crippen molar-refractivity contribution in [3.05, 3.63) is 95.6 Å². The Morgan fingerprint density at radius 3 is 1.47 bits per heavy atom. The van der Waals surface area contributed by atoms with E-state index in [1.807, 2.05) is 0 Å². The van der Waals surface area contributed by atoms with Gasteiger partial charge in [-0.25, -0.2) is 9.59 Å². The van der Waals surface area contributed by atoms with Gasteiger partial charge in [0.05, 0.1) is 22.5 Å². The molecule has 4 N–H and O–H groups in total. The molecule has 8 nitrogen and oxygen atoms in total. The molecule has 0 spiro atoms. The van der Waals surface area contributed by atoms with Gasteiger partial charge in [0.15, 0.2) is 0 Å². The highest BCUT2D eigenvalue weighted by atomic mass is 16.4. The van der Waals surface area contributed by atoms with Gasteiger partial charge in [-0.15, -0.1) is 0 Å². The zero-order valence-corrected chi connectivity index (χ0v) is 16.8. The molecule has 0 fully saturated rings. The van der Waals surface area contributed by atoms with E-state index in [1.165, 1.54) is 36.4 Å². The third-order valence-corrected chi connectivity index (χ3v) is 4.75. The summed E-state index contributed by atoms with van der Waals surface area (Å²) < 4.78 is 0. The summed E-state index contributed by atoms with van der Waals surface area (Å²) in [5.41, 5.74) is 0.594. The zero-order valence-electron chi connectivity index (χ0n) is 16.8. The Morgan fingerprint density at radius 2 is 1.03 bits per heavy atom. The van der Waals surface area contributed by atoms with E-state index in [1.54, 1.807) is 42.5 Å². The number of carboxylic acid groups (broad SMARTS) is 2. The van der Waals surface area contributed by atoms with Crippen molar-refractivity contribution in [1.29, 1.82) is 0 Å². The summed E-state index contributed by atoms with van der Waals surface area (Å²) in [7, 11) is 0. The number of amides is 2. The molecular weight excluding hydrogens is 412 g/mol. The summed E-state index contributed by atoms with van der Waals surface area (Å²) in [6.45, 7) is 0. The van der Waals surface area contributed by atoms with Crippen LogP contribution in [0.25, 0.3) is 0 Å². The normalized spacial score (nSPS) is 10.4. The predicted octanol–water partition coefficient (Wildman–Crippen LogP) is 3.52. The second-order valence-electron chi connectivity index (χ2n) is 6.92. The number of aromatic carboxylic acids is 2. The fourth-order valence-electron chi connectivity index (χ4n) is 3.15. The molecule has 0 aliphatic heterocycles. The van der Waals surface area contributed by atoms with Gasteiger partial charge in [0.25, 0.3) is 0 Å². The van der Waals surface area contributed by atoms with Crippen LogP contribution in [0.5, 0.6) is 0 Å². The molecule has 3 aromatic carbocycles. The van der Waals surface area contributed by atoms with E-state index >= 15 is 0 Å². The Kier molecular flexibility index (Phi) is 6.97. The second-order valence-corrected chi connectivity index (χ2v) is 6.92. The maximum atomic E-state index is 13.1. The lowest BCUT2D eigenvalue weighted by Crippen LogP contribution is -2.36. The van der Waals surface area contributed by atoms with Crippen molar-refractivity contribution in [1.82, 2.24) is 0 Å². The summed E-state index contributed by atoms with van der Waals surface area (Å²) >= 11 is 0. The Balaban J connectivity index is 1.90. The number of hydrogen-bond acceptors (Lipinski definition) is 4. The molecule has 0 aliphatic carbocycles. The minimum Gasteiger partial charge on any atom is -0.478 e. The van der Waals surface area contributed by atoms with Crippen molar-refractivity contribution >= 4 is 35.1 Å². The number of hydrogen-bond donors (Lipinski definition) is 4. The van der Waals surface area contributed by atoms with Gasteiger partial charge in [-0.2, -0.15) is 0 Å². The molecule has 0 saturated carbocycles. The Hall–Kier alpha value is -4.46. The smallest absolute Gasteiger partial charge is 0.337 e. The first kappa shape index (κ1) is 22.2. The fourth-order valence-corrected chi connectivity index (χ4v) is 3.15. The van der Waals surface area contributed by atoms with E-state index in [9.17, 15) is 29.4 Å². The number of anilines is 2. The molecule has 0 saturated heterocycles. The van der Waals surface area contributed by atoms with Crippen LogP contribution in [0.1, 0.15) is 26.3 Å². The first-order valence-electron chi connectivity index (χ1n) is 9.67. The molecule has 0 aromatic heterocycles. The second kappa shape index (κ2) is 10.0. The van der Waals surface area contributed by atoms with Crippen LogP contribution >= 0.6 is 0 Å². The first-order chi connectivity index (χ1) is 15.4. The van der Waals surface area contributed by atoms with Crippen LogP contribution in [0.2, 0.25) is 0 Å². The van der Waals surface area contributed by atoms with Crippen molar-refractivity contribution in [2.75, 3.05) is 10.6 Å². The highest BCUT2D eigenvalue weighted by Crippen LogP contribution is 2.21. The Bertz CT molecular complexity index is 1090. The SMILES string of the molecule is O=C(O)c1ccccc1NC(=O)C(Cc1ccccc1)C(=O)Nc1ccccc1C(=O)O. The molecule has 32 heavy (non-hydrogen) atoms. The van der Waals surface area contributed by atoms with Crippen LogP contribution in [0.3, 0.4) is 0 Å². The van der Waals surface area contributed by atoms with Crippen LogP contribution in [-0.2, 0) is 16.0 Å². The fraction of sp³-hybridized carbons (Fsp3) is 0.0833. The van der Waals surface area contributed by atoms with Crippen LogP contribution in [-0.4, -0.2) is 34.0 Å². The third kappa shape index (κ3) is 5.37. The number of carboxylic acids is 2. The summed E-state index contributed by atoms with van der Waals surface area (Å²) in [5.74, 6) is -5.12. The number of nitrogens with one attached hydrogen (secondary N) is 2. The number of rotatable bonds is 8. The number of carbonyl (C=O) groups is 4. The largest absolute Gasteiger partial charge is 0.478 e. The maximum Gasteiger partial charge on any atom is 0.337 e. The highest BCUT2D eigenvalue weighted by Gasteiger charge is 2.29. The van der Waals surface area contributed by atoms with E-state index in [0.29, 0.717) is 5.56 Å². The van der Waals surface area contributed by atoms with Crippen molar-refractivity contribution in [3.63, 3.8) is 0 Å². The summed E-state index contributed by atoms with van der Waals surface area (Å²) in [6, 6.07) is 20.6. The van der Waals surface area contributed by atoms with Gasteiger partial charge in [0, 0.05) is 0 Å². The van der Waals surface area contributed by atoms with E-state index in [2.05, 4.69) is 10.6 Å².